The van der Waals surface area contributed by atoms with Gasteiger partial charge in [-0.2, -0.15) is 13.2 Å². The molecule has 0 aliphatic heterocycles. The minimum absolute atomic E-state index is 0.0230. The van der Waals surface area contributed by atoms with E-state index >= 15 is 0 Å². The largest absolute Gasteiger partial charge is 0.496 e. The number of rotatable bonds is 6. The van der Waals surface area contributed by atoms with Crippen LogP contribution in [-0.4, -0.2) is 26.5 Å². The maximum absolute atomic E-state index is 11.9. The first kappa shape index (κ1) is 16.8. The molecule has 1 aromatic rings. The fourth-order valence-corrected chi connectivity index (χ4v) is 2.08. The minimum Gasteiger partial charge on any atom is -0.496 e. The second-order valence-corrected chi connectivity index (χ2v) is 4.75. The van der Waals surface area contributed by atoms with Gasteiger partial charge in [-0.3, -0.25) is 0 Å². The molecule has 0 saturated heterocycles. The van der Waals surface area contributed by atoms with Gasteiger partial charge in [0.25, 0.3) is 0 Å². The maximum Gasteiger partial charge on any atom is 0.411 e. The molecular weight excluding hydrogens is 271 g/mol. The lowest BCUT2D eigenvalue weighted by atomic mass is 9.99. The molecule has 0 aliphatic rings. The van der Waals surface area contributed by atoms with Crippen molar-refractivity contribution >= 4 is 0 Å². The molecule has 0 heterocycles. The smallest absolute Gasteiger partial charge is 0.411 e. The highest BCUT2D eigenvalue weighted by Gasteiger charge is 2.27. The third-order valence-corrected chi connectivity index (χ3v) is 2.95. The summed E-state index contributed by atoms with van der Waals surface area (Å²) in [4.78, 5) is 0. The van der Waals surface area contributed by atoms with Crippen LogP contribution in [0.15, 0.2) is 12.1 Å². The quantitative estimate of drug-likeness (QED) is 0.818. The maximum atomic E-state index is 11.9. The minimum atomic E-state index is -4.29. The molecule has 2 N–H and O–H groups in total. The van der Waals surface area contributed by atoms with E-state index in [1.54, 1.807) is 7.11 Å². The van der Waals surface area contributed by atoms with Crippen LogP contribution >= 0.6 is 0 Å². The number of nitrogens with two attached hydrogens (primary N) is 1. The second-order valence-electron chi connectivity index (χ2n) is 4.75. The Hall–Kier alpha value is -1.27. The number of aryl methyl sites for hydroxylation is 2. The van der Waals surface area contributed by atoms with Crippen molar-refractivity contribution in [2.75, 3.05) is 20.3 Å². The van der Waals surface area contributed by atoms with Crippen LogP contribution in [0, 0.1) is 13.8 Å². The molecule has 0 aromatic heterocycles. The van der Waals surface area contributed by atoms with E-state index in [1.807, 2.05) is 26.0 Å². The summed E-state index contributed by atoms with van der Waals surface area (Å²) < 4.78 is 45.6. The van der Waals surface area contributed by atoms with Crippen LogP contribution in [0.4, 0.5) is 13.2 Å². The molecule has 114 valence electrons. The van der Waals surface area contributed by atoms with Crippen LogP contribution < -0.4 is 10.5 Å². The molecule has 0 fully saturated rings. The van der Waals surface area contributed by atoms with E-state index in [-0.39, 0.29) is 12.6 Å². The lowest BCUT2D eigenvalue weighted by molar-refractivity contribution is -0.174. The zero-order valence-electron chi connectivity index (χ0n) is 11.9. The summed E-state index contributed by atoms with van der Waals surface area (Å²) in [6.07, 6.45) is -3.96. The molecule has 6 heteroatoms. The number of halogens is 3. The Balaban J connectivity index is 2.58. The van der Waals surface area contributed by atoms with Crippen molar-refractivity contribution in [3.05, 3.63) is 28.8 Å². The van der Waals surface area contributed by atoms with Gasteiger partial charge in [0.1, 0.15) is 12.4 Å². The standard InChI is InChI=1S/C14H20F3NO2/c1-9-6-11(7-10(2)13(9)19-3)12(18)4-5-20-8-14(15,16)17/h6-7,12H,4-5,8,18H2,1-3H3. The van der Waals surface area contributed by atoms with Gasteiger partial charge < -0.3 is 15.2 Å². The Kier molecular flexibility index (Phi) is 5.83. The van der Waals surface area contributed by atoms with Crippen LogP contribution in [0.5, 0.6) is 5.75 Å². The van der Waals surface area contributed by atoms with Crippen LogP contribution in [0.1, 0.15) is 29.2 Å². The van der Waals surface area contributed by atoms with Crippen LogP contribution in [0.25, 0.3) is 0 Å². The van der Waals surface area contributed by atoms with E-state index in [0.717, 1.165) is 22.4 Å². The fourth-order valence-electron chi connectivity index (χ4n) is 2.08. The Morgan fingerprint density at radius 1 is 1.20 bits per heavy atom. The number of alkyl halides is 3. The van der Waals surface area contributed by atoms with Crippen molar-refractivity contribution in [2.45, 2.75) is 32.5 Å². The lowest BCUT2D eigenvalue weighted by Crippen LogP contribution is -2.20. The van der Waals surface area contributed by atoms with E-state index in [2.05, 4.69) is 4.74 Å². The first-order valence-corrected chi connectivity index (χ1v) is 6.30. The van der Waals surface area contributed by atoms with E-state index in [1.165, 1.54) is 0 Å². The first-order valence-electron chi connectivity index (χ1n) is 6.30. The average molecular weight is 291 g/mol. The molecule has 0 radical (unpaired) electrons. The Morgan fingerprint density at radius 2 is 1.75 bits per heavy atom. The van der Waals surface area contributed by atoms with Crippen molar-refractivity contribution in [3.8, 4) is 5.75 Å². The fraction of sp³-hybridized carbons (Fsp3) is 0.571. The summed E-state index contributed by atoms with van der Waals surface area (Å²) in [5, 5.41) is 0. The molecule has 1 unspecified atom stereocenters. The second kappa shape index (κ2) is 6.95. The summed E-state index contributed by atoms with van der Waals surface area (Å²) in [7, 11) is 1.60. The Bertz CT molecular complexity index is 424. The third-order valence-electron chi connectivity index (χ3n) is 2.95. The van der Waals surface area contributed by atoms with Crippen LogP contribution in [0.3, 0.4) is 0 Å². The number of benzene rings is 1. The summed E-state index contributed by atoms with van der Waals surface area (Å²) in [5.41, 5.74) is 8.75. The summed E-state index contributed by atoms with van der Waals surface area (Å²) in [6, 6.07) is 3.42. The first-order chi connectivity index (χ1) is 9.24. The molecular formula is C14H20F3NO2. The van der Waals surface area contributed by atoms with Crippen molar-refractivity contribution in [2.24, 2.45) is 5.73 Å². The highest BCUT2D eigenvalue weighted by molar-refractivity contribution is 5.44. The van der Waals surface area contributed by atoms with Crippen molar-refractivity contribution in [1.82, 2.24) is 0 Å². The molecule has 3 nitrogen and oxygen atoms in total. The summed E-state index contributed by atoms with van der Waals surface area (Å²) in [5.74, 6) is 0.800. The summed E-state index contributed by atoms with van der Waals surface area (Å²) >= 11 is 0. The highest BCUT2D eigenvalue weighted by atomic mass is 19.4. The van der Waals surface area contributed by atoms with E-state index < -0.39 is 12.8 Å². The number of hydrogen-bond acceptors (Lipinski definition) is 3. The molecule has 0 spiro atoms. The normalized spacial score (nSPS) is 13.3. The van der Waals surface area contributed by atoms with Gasteiger partial charge in [0.2, 0.25) is 0 Å². The van der Waals surface area contributed by atoms with Crippen molar-refractivity contribution in [1.29, 1.82) is 0 Å². The van der Waals surface area contributed by atoms with Gasteiger partial charge in [-0.05, 0) is 37.0 Å². The molecule has 20 heavy (non-hydrogen) atoms. The third kappa shape index (κ3) is 5.02. The van der Waals surface area contributed by atoms with Gasteiger partial charge in [-0.25, -0.2) is 0 Å². The number of methoxy groups -OCH3 is 1. The zero-order chi connectivity index (χ0) is 15.3. The molecule has 1 rings (SSSR count). The lowest BCUT2D eigenvalue weighted by Gasteiger charge is -2.16. The van der Waals surface area contributed by atoms with Crippen molar-refractivity contribution < 1.29 is 22.6 Å². The highest BCUT2D eigenvalue weighted by Crippen LogP contribution is 2.27. The van der Waals surface area contributed by atoms with Gasteiger partial charge >= 0.3 is 6.18 Å². The monoisotopic (exact) mass is 291 g/mol. The molecule has 0 aliphatic carbocycles. The summed E-state index contributed by atoms with van der Waals surface area (Å²) in [6.45, 7) is 2.55. The van der Waals surface area contributed by atoms with Gasteiger partial charge in [-0.15, -0.1) is 0 Å². The molecule has 0 saturated carbocycles. The molecule has 1 aromatic carbocycles. The van der Waals surface area contributed by atoms with E-state index in [4.69, 9.17) is 10.5 Å². The van der Waals surface area contributed by atoms with Crippen molar-refractivity contribution in [3.63, 3.8) is 0 Å². The number of hydrogen-bond donors (Lipinski definition) is 1. The van der Waals surface area contributed by atoms with E-state index in [9.17, 15) is 13.2 Å². The topological polar surface area (TPSA) is 44.5 Å². The number of ether oxygens (including phenoxy) is 2. The molecule has 1 atom stereocenters. The average Bonchev–Trinajstić information content (AvgIpc) is 2.32. The predicted molar refractivity (Wildman–Crippen MR) is 70.9 cm³/mol. The van der Waals surface area contributed by atoms with Gasteiger partial charge in [0.05, 0.1) is 7.11 Å². The zero-order valence-corrected chi connectivity index (χ0v) is 11.9. The van der Waals surface area contributed by atoms with Gasteiger partial charge in [-0.1, -0.05) is 12.1 Å². The Morgan fingerprint density at radius 3 is 2.20 bits per heavy atom. The van der Waals surface area contributed by atoms with Gasteiger partial charge in [0, 0.05) is 12.6 Å². The Labute approximate surface area is 116 Å². The predicted octanol–water partition coefficient (Wildman–Crippen LogP) is 3.28. The molecule has 0 bridgehead atoms. The van der Waals surface area contributed by atoms with Crippen LogP contribution in [-0.2, 0) is 4.74 Å². The van der Waals surface area contributed by atoms with Crippen LogP contribution in [0.2, 0.25) is 0 Å². The SMILES string of the molecule is COc1c(C)cc(C(N)CCOCC(F)(F)F)cc1C. The molecule has 0 amide bonds. The van der Waals surface area contributed by atoms with Gasteiger partial charge in [0.15, 0.2) is 0 Å². The van der Waals surface area contributed by atoms with E-state index in [0.29, 0.717) is 6.42 Å².